The summed E-state index contributed by atoms with van der Waals surface area (Å²) >= 11 is 0. The van der Waals surface area contributed by atoms with Crippen molar-refractivity contribution in [3.8, 4) is 5.75 Å². The maximum absolute atomic E-state index is 13.2. The lowest BCUT2D eigenvalue weighted by Crippen LogP contribution is -2.31. The number of aromatic nitrogens is 3. The average molecular weight is 463 g/mol. The van der Waals surface area contributed by atoms with Crippen LogP contribution in [0, 0.1) is 11.6 Å². The summed E-state index contributed by atoms with van der Waals surface area (Å²) in [5.41, 5.74) is 1.63. The van der Waals surface area contributed by atoms with Gasteiger partial charge in [-0.1, -0.05) is 42.5 Å². The predicted octanol–water partition coefficient (Wildman–Crippen LogP) is 4.89. The molecule has 0 amide bonds. The van der Waals surface area contributed by atoms with Crippen LogP contribution in [-0.2, 0) is 13.1 Å². The van der Waals surface area contributed by atoms with Crippen LogP contribution in [0.4, 0.5) is 20.7 Å². The molecule has 0 saturated heterocycles. The van der Waals surface area contributed by atoms with E-state index in [1.165, 1.54) is 24.3 Å². The Morgan fingerprint density at radius 2 is 1.44 bits per heavy atom. The maximum Gasteiger partial charge on any atom is 0.290 e. The van der Waals surface area contributed by atoms with Gasteiger partial charge in [-0.05, 0) is 54.4 Å². The van der Waals surface area contributed by atoms with Crippen LogP contribution in [0.3, 0.4) is 0 Å². The van der Waals surface area contributed by atoms with Crippen LogP contribution in [0.1, 0.15) is 22.8 Å². The normalized spacial score (nSPS) is 11.6. The van der Waals surface area contributed by atoms with Crippen LogP contribution >= 0.6 is 0 Å². The molecule has 174 valence electrons. The number of halogens is 2. The molecule has 0 spiro atoms. The fourth-order valence-electron chi connectivity index (χ4n) is 3.15. The summed E-state index contributed by atoms with van der Waals surface area (Å²) in [7, 11) is 0. The molecule has 0 aliphatic rings. The molecule has 4 rings (SSSR count). The van der Waals surface area contributed by atoms with Gasteiger partial charge in [-0.2, -0.15) is 9.67 Å². The Morgan fingerprint density at radius 1 is 0.882 bits per heavy atom. The van der Waals surface area contributed by atoms with Gasteiger partial charge in [0.2, 0.25) is 11.9 Å². The Balaban J connectivity index is 1.51. The molecule has 0 saturated carbocycles. The summed E-state index contributed by atoms with van der Waals surface area (Å²) in [6.07, 6.45) is -0.833. The zero-order chi connectivity index (χ0) is 23.9. The van der Waals surface area contributed by atoms with Crippen molar-refractivity contribution in [2.45, 2.75) is 26.1 Å². The molecule has 0 aliphatic carbocycles. The third kappa shape index (κ3) is 5.94. The van der Waals surface area contributed by atoms with E-state index in [2.05, 4.69) is 20.7 Å². The Morgan fingerprint density at radius 3 is 2.03 bits per heavy atom. The summed E-state index contributed by atoms with van der Waals surface area (Å²) in [5.74, 6) is -0.102. The summed E-state index contributed by atoms with van der Waals surface area (Å²) in [6.45, 7) is 2.27. The molecular formula is C25H23F2N5O2. The van der Waals surface area contributed by atoms with Crippen molar-refractivity contribution in [2.24, 2.45) is 0 Å². The van der Waals surface area contributed by atoms with E-state index in [1.54, 1.807) is 43.3 Å². The first-order chi connectivity index (χ1) is 16.5. The van der Waals surface area contributed by atoms with Gasteiger partial charge in [-0.3, -0.25) is 4.79 Å². The number of nitrogens with one attached hydrogen (secondary N) is 2. The molecule has 1 atom stereocenters. The van der Waals surface area contributed by atoms with Gasteiger partial charge < -0.3 is 15.4 Å². The van der Waals surface area contributed by atoms with Gasteiger partial charge in [0, 0.05) is 13.1 Å². The summed E-state index contributed by atoms with van der Waals surface area (Å²) < 4.78 is 33.2. The molecule has 1 heterocycles. The van der Waals surface area contributed by atoms with Crippen LogP contribution in [0.5, 0.6) is 5.75 Å². The van der Waals surface area contributed by atoms with Gasteiger partial charge in [-0.25, -0.2) is 8.78 Å². The number of carbonyl (C=O) groups excluding carboxylic acids is 1. The Labute approximate surface area is 195 Å². The number of carbonyl (C=O) groups is 1. The second-order valence-corrected chi connectivity index (χ2v) is 7.54. The quantitative estimate of drug-likeness (QED) is 0.368. The Hall–Kier alpha value is -4.27. The van der Waals surface area contributed by atoms with Crippen molar-refractivity contribution in [3.05, 3.63) is 102 Å². The molecule has 2 N–H and O–H groups in total. The molecule has 34 heavy (non-hydrogen) atoms. The highest BCUT2D eigenvalue weighted by atomic mass is 19.1. The summed E-state index contributed by atoms with van der Waals surface area (Å²) in [6, 6.07) is 21.0. The number of nitrogens with zero attached hydrogens (tertiary/aromatic N) is 3. The van der Waals surface area contributed by atoms with E-state index >= 15 is 0 Å². The largest absolute Gasteiger partial charge is 0.481 e. The fraction of sp³-hybridized carbons (Fsp3) is 0.160. The molecule has 7 nitrogen and oxygen atoms in total. The molecule has 0 aliphatic heterocycles. The second-order valence-electron chi connectivity index (χ2n) is 7.54. The number of anilines is 2. The van der Waals surface area contributed by atoms with Crippen molar-refractivity contribution < 1.29 is 18.3 Å². The van der Waals surface area contributed by atoms with Crippen LogP contribution in [0.25, 0.3) is 0 Å². The van der Waals surface area contributed by atoms with Crippen molar-refractivity contribution in [3.63, 3.8) is 0 Å². The van der Waals surface area contributed by atoms with Gasteiger partial charge in [0.1, 0.15) is 17.4 Å². The van der Waals surface area contributed by atoms with E-state index in [0.717, 1.165) is 15.8 Å². The Kier molecular flexibility index (Phi) is 7.12. The van der Waals surface area contributed by atoms with Crippen LogP contribution in [-0.4, -0.2) is 26.8 Å². The minimum absolute atomic E-state index is 0.208. The van der Waals surface area contributed by atoms with E-state index in [4.69, 9.17) is 4.74 Å². The minimum atomic E-state index is -0.833. The predicted molar refractivity (Wildman–Crippen MR) is 125 cm³/mol. The first-order valence-corrected chi connectivity index (χ1v) is 10.7. The van der Waals surface area contributed by atoms with E-state index in [9.17, 15) is 13.6 Å². The monoisotopic (exact) mass is 463 g/mol. The molecule has 0 fully saturated rings. The lowest BCUT2D eigenvalue weighted by molar-refractivity contribution is 0.0713. The van der Waals surface area contributed by atoms with Crippen molar-refractivity contribution >= 4 is 17.8 Å². The van der Waals surface area contributed by atoms with E-state index in [0.29, 0.717) is 18.8 Å². The molecule has 1 aromatic heterocycles. The number of rotatable bonds is 9. The molecular weight excluding hydrogens is 440 g/mol. The van der Waals surface area contributed by atoms with Gasteiger partial charge >= 0.3 is 0 Å². The molecule has 9 heteroatoms. The zero-order valence-corrected chi connectivity index (χ0v) is 18.4. The molecule has 4 aromatic rings. The standard InChI is InChI=1S/C25H23F2N5O2/c1-17(34-22-5-3-2-4-6-22)23(33)32-25(29-16-19-9-13-21(27)14-10-19)30-24(31-32)28-15-18-7-11-20(26)12-8-18/h2-14,17H,15-16H2,1H3,(H2,28,29,30,31)/t17-/m1/s1. The van der Waals surface area contributed by atoms with Gasteiger partial charge in [0.25, 0.3) is 5.91 Å². The van der Waals surface area contributed by atoms with Crippen LogP contribution < -0.4 is 15.4 Å². The maximum atomic E-state index is 13.2. The number of hydrogen-bond donors (Lipinski definition) is 2. The first kappa shape index (κ1) is 22.9. The number of hydrogen-bond acceptors (Lipinski definition) is 6. The highest BCUT2D eigenvalue weighted by Gasteiger charge is 2.23. The van der Waals surface area contributed by atoms with Crippen molar-refractivity contribution in [1.29, 1.82) is 0 Å². The van der Waals surface area contributed by atoms with E-state index in [-0.39, 0.29) is 23.5 Å². The topological polar surface area (TPSA) is 81.1 Å². The minimum Gasteiger partial charge on any atom is -0.481 e. The SMILES string of the molecule is C[C@@H](Oc1ccccc1)C(=O)n1nc(NCc2ccc(F)cc2)nc1NCc1ccc(F)cc1. The highest BCUT2D eigenvalue weighted by Crippen LogP contribution is 2.16. The summed E-state index contributed by atoms with van der Waals surface area (Å²) in [4.78, 5) is 17.5. The van der Waals surface area contributed by atoms with Crippen LogP contribution in [0.2, 0.25) is 0 Å². The molecule has 0 bridgehead atoms. The summed E-state index contributed by atoms with van der Waals surface area (Å²) in [5, 5.41) is 10.4. The fourth-order valence-corrected chi connectivity index (χ4v) is 3.15. The van der Waals surface area contributed by atoms with Crippen molar-refractivity contribution in [2.75, 3.05) is 10.6 Å². The van der Waals surface area contributed by atoms with Crippen LogP contribution in [0.15, 0.2) is 78.9 Å². The smallest absolute Gasteiger partial charge is 0.290 e. The lowest BCUT2D eigenvalue weighted by atomic mass is 10.2. The second kappa shape index (κ2) is 10.6. The highest BCUT2D eigenvalue weighted by molar-refractivity contribution is 5.85. The average Bonchev–Trinajstić information content (AvgIpc) is 3.26. The number of ether oxygens (including phenoxy) is 1. The lowest BCUT2D eigenvalue weighted by Gasteiger charge is -2.14. The number of para-hydroxylation sites is 1. The molecule has 0 unspecified atom stereocenters. The van der Waals surface area contributed by atoms with Crippen molar-refractivity contribution in [1.82, 2.24) is 14.8 Å². The molecule has 0 radical (unpaired) electrons. The third-order valence-electron chi connectivity index (χ3n) is 4.95. The Bertz CT molecular complexity index is 1230. The van der Waals surface area contributed by atoms with Gasteiger partial charge in [0.05, 0.1) is 0 Å². The third-order valence-corrected chi connectivity index (χ3v) is 4.95. The van der Waals surface area contributed by atoms with E-state index in [1.807, 2.05) is 18.2 Å². The van der Waals surface area contributed by atoms with E-state index < -0.39 is 12.0 Å². The zero-order valence-electron chi connectivity index (χ0n) is 18.4. The molecule has 3 aromatic carbocycles. The number of benzene rings is 3. The first-order valence-electron chi connectivity index (χ1n) is 10.7. The van der Waals surface area contributed by atoms with Gasteiger partial charge in [-0.15, -0.1) is 5.10 Å². The van der Waals surface area contributed by atoms with Gasteiger partial charge in [0.15, 0.2) is 6.10 Å².